The topological polar surface area (TPSA) is 144 Å². The highest BCUT2D eigenvalue weighted by atomic mass is 19.4. The molecule has 1 atom stereocenters. The number of nitrogens with one attached hydrogen (secondary N) is 1. The van der Waals surface area contributed by atoms with Crippen molar-refractivity contribution in [2.24, 2.45) is 0 Å². The highest BCUT2D eigenvalue weighted by Gasteiger charge is 2.43. The molecule has 3 heterocycles. The van der Waals surface area contributed by atoms with Crippen molar-refractivity contribution in [1.29, 1.82) is 5.26 Å². The van der Waals surface area contributed by atoms with E-state index in [1.807, 2.05) is 19.1 Å². The third-order valence-electron chi connectivity index (χ3n) is 7.22. The van der Waals surface area contributed by atoms with Crippen molar-refractivity contribution in [3.05, 3.63) is 66.2 Å². The number of alkyl halides is 3. The van der Waals surface area contributed by atoms with Crippen molar-refractivity contribution < 1.29 is 27.4 Å². The van der Waals surface area contributed by atoms with Crippen LogP contribution in [0.1, 0.15) is 36.8 Å². The molecular weight excluding hydrogens is 579 g/mol. The Bertz CT molecular complexity index is 1630. The Morgan fingerprint density at radius 2 is 1.86 bits per heavy atom. The van der Waals surface area contributed by atoms with Gasteiger partial charge in [0, 0.05) is 31.0 Å². The molecule has 44 heavy (non-hydrogen) atoms. The van der Waals surface area contributed by atoms with E-state index < -0.39 is 12.1 Å². The molecule has 0 radical (unpaired) electrons. The number of rotatable bonds is 9. The summed E-state index contributed by atoms with van der Waals surface area (Å²) in [5.41, 5.74) is 3.32. The highest BCUT2D eigenvalue weighted by Crippen LogP contribution is 2.36. The molecule has 0 spiro atoms. The number of piperidine rings is 1. The highest BCUT2D eigenvalue weighted by molar-refractivity contribution is 5.82. The van der Waals surface area contributed by atoms with E-state index in [-0.39, 0.29) is 25.1 Å². The number of likely N-dealkylation sites (tertiary alicyclic amines) is 1. The molecule has 1 amide bonds. The average Bonchev–Trinajstić information content (AvgIpc) is 3.53. The Morgan fingerprint density at radius 1 is 1.11 bits per heavy atom. The van der Waals surface area contributed by atoms with Gasteiger partial charge in [0.25, 0.3) is 0 Å². The van der Waals surface area contributed by atoms with Crippen LogP contribution in [0.25, 0.3) is 11.1 Å². The molecule has 5 rings (SSSR count). The van der Waals surface area contributed by atoms with E-state index in [4.69, 9.17) is 9.47 Å². The van der Waals surface area contributed by atoms with E-state index in [9.17, 15) is 23.2 Å². The number of anilines is 2. The lowest BCUT2D eigenvalue weighted by molar-refractivity contribution is -0.186. The van der Waals surface area contributed by atoms with Gasteiger partial charge in [-0.2, -0.15) is 18.4 Å². The number of nitrogens with zero attached hydrogens (tertiary/aromatic N) is 8. The molecule has 4 aromatic rings. The second-order valence-electron chi connectivity index (χ2n) is 10.2. The van der Waals surface area contributed by atoms with Gasteiger partial charge in [-0.25, -0.2) is 14.6 Å². The first-order valence-electron chi connectivity index (χ1n) is 13.7. The van der Waals surface area contributed by atoms with Crippen LogP contribution in [0.15, 0.2) is 55.1 Å². The lowest BCUT2D eigenvalue weighted by Crippen LogP contribution is -2.45. The standard InChI is InChI=1S/C29H28F3N9O3/c1-18(16-41-17-36-38-39-41)44-26-12-21(3-4-22(26)13-33)23-14-34-28(35-15-23)37-24-11-20(5-6-25(24)43-2)19-7-9-40(10-8-19)27(42)29(30,31)32/h3-6,11-12,14-15,17-19H,7-10,16H2,1-2H3,(H,34,35,37)/t18-/m0/s1. The number of hydrogen-bond donors (Lipinski definition) is 1. The third-order valence-corrected chi connectivity index (χ3v) is 7.22. The van der Waals surface area contributed by atoms with E-state index in [1.54, 1.807) is 36.7 Å². The van der Waals surface area contributed by atoms with Gasteiger partial charge in [-0.15, -0.1) is 5.10 Å². The number of methoxy groups -OCH3 is 1. The lowest BCUT2D eigenvalue weighted by Gasteiger charge is -2.32. The zero-order valence-electron chi connectivity index (χ0n) is 23.8. The number of amides is 1. The summed E-state index contributed by atoms with van der Waals surface area (Å²) in [6.07, 6.45) is 0.380. The lowest BCUT2D eigenvalue weighted by atomic mass is 9.89. The van der Waals surface area contributed by atoms with Gasteiger partial charge in [0.2, 0.25) is 5.95 Å². The number of halogens is 3. The van der Waals surface area contributed by atoms with Crippen molar-refractivity contribution in [2.45, 2.75) is 44.5 Å². The largest absolute Gasteiger partial charge is 0.495 e. The smallest absolute Gasteiger partial charge is 0.471 e. The van der Waals surface area contributed by atoms with E-state index in [0.717, 1.165) is 16.0 Å². The SMILES string of the molecule is COc1ccc(C2CCN(C(=O)C(F)(F)F)CC2)cc1Nc1ncc(-c2ccc(C#N)c(O[C@@H](C)Cn3cnnn3)c2)cn1. The molecule has 0 aliphatic carbocycles. The third kappa shape index (κ3) is 7.02. The summed E-state index contributed by atoms with van der Waals surface area (Å²) in [7, 11) is 1.53. The Morgan fingerprint density at radius 3 is 2.50 bits per heavy atom. The summed E-state index contributed by atoms with van der Waals surface area (Å²) in [5, 5.41) is 23.8. The van der Waals surface area contributed by atoms with Crippen LogP contribution >= 0.6 is 0 Å². The molecular formula is C29H28F3N9O3. The number of benzene rings is 2. The molecule has 0 saturated carbocycles. The number of ether oxygens (including phenoxy) is 2. The van der Waals surface area contributed by atoms with Crippen LogP contribution in [-0.4, -0.2) is 73.5 Å². The minimum absolute atomic E-state index is 0.0228. The molecule has 1 N–H and O–H groups in total. The van der Waals surface area contributed by atoms with Crippen LogP contribution in [0.4, 0.5) is 24.8 Å². The normalized spacial score (nSPS) is 14.5. The second-order valence-corrected chi connectivity index (χ2v) is 10.2. The maximum absolute atomic E-state index is 12.8. The molecule has 0 unspecified atom stereocenters. The predicted molar refractivity (Wildman–Crippen MR) is 151 cm³/mol. The fourth-order valence-corrected chi connectivity index (χ4v) is 5.01. The number of nitriles is 1. The Hall–Kier alpha value is -5.26. The number of aromatic nitrogens is 6. The predicted octanol–water partition coefficient (Wildman–Crippen LogP) is 4.49. The molecule has 1 saturated heterocycles. The maximum Gasteiger partial charge on any atom is 0.471 e. The van der Waals surface area contributed by atoms with Crippen molar-refractivity contribution in [1.82, 2.24) is 35.1 Å². The van der Waals surface area contributed by atoms with Crippen LogP contribution < -0.4 is 14.8 Å². The molecule has 2 aromatic carbocycles. The van der Waals surface area contributed by atoms with Gasteiger partial charge in [-0.1, -0.05) is 12.1 Å². The van der Waals surface area contributed by atoms with Crippen LogP contribution in [0.3, 0.4) is 0 Å². The van der Waals surface area contributed by atoms with E-state index in [0.29, 0.717) is 53.6 Å². The van der Waals surface area contributed by atoms with Gasteiger partial charge >= 0.3 is 12.1 Å². The first-order valence-corrected chi connectivity index (χ1v) is 13.7. The first kappa shape index (κ1) is 30.2. The summed E-state index contributed by atoms with van der Waals surface area (Å²) < 4.78 is 51.5. The maximum atomic E-state index is 12.8. The van der Waals surface area contributed by atoms with E-state index in [2.05, 4.69) is 36.9 Å². The zero-order chi connectivity index (χ0) is 31.3. The molecule has 1 aliphatic heterocycles. The molecule has 15 heteroatoms. The molecule has 1 fully saturated rings. The number of carbonyl (C=O) groups excluding carboxylic acids is 1. The summed E-state index contributed by atoms with van der Waals surface area (Å²) in [6.45, 7) is 2.30. The van der Waals surface area contributed by atoms with Crippen LogP contribution in [0, 0.1) is 11.3 Å². The van der Waals surface area contributed by atoms with E-state index in [1.165, 1.54) is 18.1 Å². The van der Waals surface area contributed by atoms with Gasteiger partial charge < -0.3 is 19.7 Å². The van der Waals surface area contributed by atoms with Crippen LogP contribution in [0.5, 0.6) is 11.5 Å². The van der Waals surface area contributed by atoms with Gasteiger partial charge in [0.15, 0.2) is 0 Å². The van der Waals surface area contributed by atoms with Gasteiger partial charge in [0.1, 0.15) is 30.0 Å². The monoisotopic (exact) mass is 607 g/mol. The molecule has 228 valence electrons. The van der Waals surface area contributed by atoms with Crippen LogP contribution in [0.2, 0.25) is 0 Å². The van der Waals surface area contributed by atoms with E-state index >= 15 is 0 Å². The van der Waals surface area contributed by atoms with Crippen LogP contribution in [-0.2, 0) is 11.3 Å². The minimum atomic E-state index is -4.87. The first-order chi connectivity index (χ1) is 21.1. The quantitative estimate of drug-likeness (QED) is 0.289. The fraction of sp³-hybridized carbons (Fsp3) is 0.345. The zero-order valence-corrected chi connectivity index (χ0v) is 23.8. The van der Waals surface area contributed by atoms with Crippen molar-refractivity contribution >= 4 is 17.5 Å². The summed E-state index contributed by atoms with van der Waals surface area (Å²) in [6, 6.07) is 12.8. The van der Waals surface area contributed by atoms with Gasteiger partial charge in [-0.05, 0) is 71.5 Å². The summed E-state index contributed by atoms with van der Waals surface area (Å²) in [4.78, 5) is 21.3. The number of tetrazole rings is 1. The Kier molecular flexibility index (Phi) is 8.88. The summed E-state index contributed by atoms with van der Waals surface area (Å²) in [5.74, 6) is -0.576. The Labute approximate surface area is 250 Å². The fourth-order valence-electron chi connectivity index (χ4n) is 5.01. The number of hydrogen-bond acceptors (Lipinski definition) is 10. The molecule has 1 aliphatic rings. The second kappa shape index (κ2) is 12.9. The molecule has 12 nitrogen and oxygen atoms in total. The Balaban J connectivity index is 1.28. The molecule has 2 aromatic heterocycles. The summed E-state index contributed by atoms with van der Waals surface area (Å²) >= 11 is 0. The molecule has 0 bridgehead atoms. The van der Waals surface area contributed by atoms with Gasteiger partial charge in [-0.3, -0.25) is 4.79 Å². The number of carbonyl (C=O) groups is 1. The van der Waals surface area contributed by atoms with Crippen molar-refractivity contribution in [2.75, 3.05) is 25.5 Å². The van der Waals surface area contributed by atoms with Crippen molar-refractivity contribution in [3.63, 3.8) is 0 Å². The minimum Gasteiger partial charge on any atom is -0.495 e. The average molecular weight is 608 g/mol. The van der Waals surface area contributed by atoms with Crippen molar-refractivity contribution in [3.8, 4) is 28.7 Å². The van der Waals surface area contributed by atoms with Gasteiger partial charge in [0.05, 0.1) is 24.9 Å².